The van der Waals surface area contributed by atoms with Gasteiger partial charge in [0.2, 0.25) is 5.89 Å². The van der Waals surface area contributed by atoms with Crippen molar-refractivity contribution in [2.45, 2.75) is 51.5 Å². The van der Waals surface area contributed by atoms with Gasteiger partial charge in [0.05, 0.1) is 6.04 Å². The lowest BCUT2D eigenvalue weighted by Crippen LogP contribution is -2.39. The maximum Gasteiger partial charge on any atom is 0.275 e. The summed E-state index contributed by atoms with van der Waals surface area (Å²) in [7, 11) is 0. The van der Waals surface area contributed by atoms with Gasteiger partial charge in [-0.2, -0.15) is 0 Å². The summed E-state index contributed by atoms with van der Waals surface area (Å²) in [6, 6.07) is 10.3. The Balaban J connectivity index is 1.51. The number of rotatable bonds is 7. The molecule has 140 valence electrons. The highest BCUT2D eigenvalue weighted by Crippen LogP contribution is 2.23. The van der Waals surface area contributed by atoms with Gasteiger partial charge in [-0.1, -0.05) is 50.1 Å². The third kappa shape index (κ3) is 4.73. The van der Waals surface area contributed by atoms with Crippen LogP contribution in [0, 0.1) is 5.92 Å². The van der Waals surface area contributed by atoms with Gasteiger partial charge >= 0.3 is 0 Å². The molecule has 1 aliphatic rings. The standard InChI is InChI=1S/C21H29N3O2/c1-2-3-9-18(22)20-23-19(15-26-20)21(25)24-12-10-17(11-13-24)14-16-7-5-4-6-8-16/h4-8,15,17-18H,2-3,9-14,22H2,1H3. The number of amides is 1. The van der Waals surface area contributed by atoms with Crippen LogP contribution in [0.1, 0.15) is 67.0 Å². The molecular weight excluding hydrogens is 326 g/mol. The normalized spacial score (nSPS) is 16.6. The van der Waals surface area contributed by atoms with Crippen LogP contribution in [-0.2, 0) is 6.42 Å². The lowest BCUT2D eigenvalue weighted by atomic mass is 9.90. The van der Waals surface area contributed by atoms with Crippen molar-refractivity contribution in [3.8, 4) is 0 Å². The number of benzene rings is 1. The molecule has 1 aromatic carbocycles. The van der Waals surface area contributed by atoms with Gasteiger partial charge in [0.25, 0.3) is 5.91 Å². The Labute approximate surface area is 155 Å². The first-order valence-electron chi connectivity index (χ1n) is 9.71. The van der Waals surface area contributed by atoms with Gasteiger partial charge in [-0.25, -0.2) is 4.98 Å². The number of unbranched alkanes of at least 4 members (excludes halogenated alkanes) is 1. The molecular formula is C21H29N3O2. The van der Waals surface area contributed by atoms with E-state index in [-0.39, 0.29) is 11.9 Å². The van der Waals surface area contributed by atoms with Crippen molar-refractivity contribution in [3.63, 3.8) is 0 Å². The Hall–Kier alpha value is -2.14. The summed E-state index contributed by atoms with van der Waals surface area (Å²) >= 11 is 0. The van der Waals surface area contributed by atoms with Gasteiger partial charge in [0, 0.05) is 13.1 Å². The highest BCUT2D eigenvalue weighted by Gasteiger charge is 2.26. The van der Waals surface area contributed by atoms with Crippen LogP contribution in [0.5, 0.6) is 0 Å². The largest absolute Gasteiger partial charge is 0.446 e. The Kier molecular flexibility index (Phi) is 6.45. The van der Waals surface area contributed by atoms with Crippen molar-refractivity contribution in [1.82, 2.24) is 9.88 Å². The molecule has 1 amide bonds. The third-order valence-corrected chi connectivity index (χ3v) is 5.20. The molecule has 0 radical (unpaired) electrons. The number of nitrogens with zero attached hydrogens (tertiary/aromatic N) is 2. The zero-order valence-electron chi connectivity index (χ0n) is 15.6. The molecule has 5 heteroatoms. The SMILES string of the molecule is CCCCC(N)c1nc(C(=O)N2CCC(Cc3ccccc3)CC2)co1. The van der Waals surface area contributed by atoms with Crippen molar-refractivity contribution in [3.05, 3.63) is 53.7 Å². The van der Waals surface area contributed by atoms with E-state index in [1.54, 1.807) is 0 Å². The summed E-state index contributed by atoms with van der Waals surface area (Å²) in [5, 5.41) is 0. The fourth-order valence-corrected chi connectivity index (χ4v) is 3.55. The topological polar surface area (TPSA) is 72.4 Å². The van der Waals surface area contributed by atoms with Crippen LogP contribution < -0.4 is 5.73 Å². The first-order chi connectivity index (χ1) is 12.7. The Morgan fingerprint density at radius 2 is 2.04 bits per heavy atom. The van der Waals surface area contributed by atoms with E-state index in [0.717, 1.165) is 51.6 Å². The Bertz CT molecular complexity index is 690. The molecule has 1 aliphatic heterocycles. The van der Waals surface area contributed by atoms with Gasteiger partial charge < -0.3 is 15.1 Å². The number of oxazole rings is 1. The molecule has 0 bridgehead atoms. The molecule has 1 fully saturated rings. The number of hydrogen-bond donors (Lipinski definition) is 1. The van der Waals surface area contributed by atoms with Gasteiger partial charge in [0.1, 0.15) is 6.26 Å². The molecule has 0 saturated carbocycles. The van der Waals surface area contributed by atoms with E-state index in [1.165, 1.54) is 11.8 Å². The highest BCUT2D eigenvalue weighted by atomic mass is 16.3. The van der Waals surface area contributed by atoms with Gasteiger partial charge in [0.15, 0.2) is 5.69 Å². The number of hydrogen-bond acceptors (Lipinski definition) is 4. The fraction of sp³-hybridized carbons (Fsp3) is 0.524. The minimum atomic E-state index is -0.229. The summed E-state index contributed by atoms with van der Waals surface area (Å²) in [4.78, 5) is 18.9. The molecule has 1 saturated heterocycles. The number of piperidine rings is 1. The minimum absolute atomic E-state index is 0.0409. The molecule has 2 N–H and O–H groups in total. The molecule has 2 heterocycles. The number of likely N-dealkylation sites (tertiary alicyclic amines) is 1. The Morgan fingerprint density at radius 3 is 2.73 bits per heavy atom. The van der Waals surface area contributed by atoms with Gasteiger partial charge in [-0.3, -0.25) is 4.79 Å². The summed E-state index contributed by atoms with van der Waals surface area (Å²) in [5.41, 5.74) is 7.84. The van der Waals surface area contributed by atoms with E-state index >= 15 is 0 Å². The second-order valence-electron chi connectivity index (χ2n) is 7.25. The third-order valence-electron chi connectivity index (χ3n) is 5.20. The first-order valence-corrected chi connectivity index (χ1v) is 9.71. The summed E-state index contributed by atoms with van der Waals surface area (Å²) in [5.74, 6) is 1.07. The second-order valence-corrected chi connectivity index (χ2v) is 7.25. The zero-order chi connectivity index (χ0) is 18.4. The molecule has 5 nitrogen and oxygen atoms in total. The van der Waals surface area contributed by atoms with E-state index in [1.807, 2.05) is 11.0 Å². The maximum atomic E-state index is 12.7. The Morgan fingerprint density at radius 1 is 1.31 bits per heavy atom. The summed E-state index contributed by atoms with van der Waals surface area (Å²) in [6.07, 6.45) is 7.54. The van der Waals surface area contributed by atoms with E-state index in [2.05, 4.69) is 36.2 Å². The van der Waals surface area contributed by atoms with Crippen molar-refractivity contribution < 1.29 is 9.21 Å². The molecule has 2 aromatic rings. The van der Waals surface area contributed by atoms with Crippen LogP contribution in [0.4, 0.5) is 0 Å². The number of nitrogens with two attached hydrogens (primary N) is 1. The minimum Gasteiger partial charge on any atom is -0.446 e. The fourth-order valence-electron chi connectivity index (χ4n) is 3.55. The van der Waals surface area contributed by atoms with E-state index < -0.39 is 0 Å². The predicted octanol–water partition coefficient (Wildman–Crippen LogP) is 3.96. The smallest absolute Gasteiger partial charge is 0.275 e. The van der Waals surface area contributed by atoms with Crippen LogP contribution in [-0.4, -0.2) is 28.9 Å². The lowest BCUT2D eigenvalue weighted by Gasteiger charge is -2.31. The molecule has 1 aromatic heterocycles. The van der Waals surface area contributed by atoms with Crippen LogP contribution >= 0.6 is 0 Å². The monoisotopic (exact) mass is 355 g/mol. The maximum absolute atomic E-state index is 12.7. The average molecular weight is 355 g/mol. The quantitative estimate of drug-likeness (QED) is 0.816. The number of aromatic nitrogens is 1. The predicted molar refractivity (Wildman–Crippen MR) is 102 cm³/mol. The zero-order valence-corrected chi connectivity index (χ0v) is 15.6. The van der Waals surface area contributed by atoms with Crippen LogP contribution in [0.3, 0.4) is 0 Å². The van der Waals surface area contributed by atoms with E-state index in [9.17, 15) is 4.79 Å². The van der Waals surface area contributed by atoms with Gasteiger partial charge in [-0.05, 0) is 37.2 Å². The summed E-state index contributed by atoms with van der Waals surface area (Å²) in [6.45, 7) is 3.68. The first kappa shape index (κ1) is 18.6. The molecule has 3 rings (SSSR count). The van der Waals surface area contributed by atoms with Crippen molar-refractivity contribution >= 4 is 5.91 Å². The van der Waals surface area contributed by atoms with Gasteiger partial charge in [-0.15, -0.1) is 0 Å². The molecule has 1 atom stereocenters. The number of carbonyl (C=O) groups excluding carboxylic acids is 1. The number of carbonyl (C=O) groups is 1. The van der Waals surface area contributed by atoms with Crippen molar-refractivity contribution in [1.29, 1.82) is 0 Å². The molecule has 0 spiro atoms. The summed E-state index contributed by atoms with van der Waals surface area (Å²) < 4.78 is 5.45. The van der Waals surface area contributed by atoms with Crippen LogP contribution in [0.2, 0.25) is 0 Å². The van der Waals surface area contributed by atoms with E-state index in [0.29, 0.717) is 17.5 Å². The molecule has 0 aliphatic carbocycles. The van der Waals surface area contributed by atoms with E-state index in [4.69, 9.17) is 10.2 Å². The molecule has 26 heavy (non-hydrogen) atoms. The lowest BCUT2D eigenvalue weighted by molar-refractivity contribution is 0.0684. The second kappa shape index (κ2) is 8.99. The average Bonchev–Trinajstić information content (AvgIpc) is 3.17. The van der Waals surface area contributed by atoms with Crippen LogP contribution in [0.15, 0.2) is 41.0 Å². The van der Waals surface area contributed by atoms with Crippen molar-refractivity contribution in [2.24, 2.45) is 11.7 Å². The van der Waals surface area contributed by atoms with Crippen molar-refractivity contribution in [2.75, 3.05) is 13.1 Å². The molecule has 1 unspecified atom stereocenters. The van der Waals surface area contributed by atoms with Crippen LogP contribution in [0.25, 0.3) is 0 Å². The highest BCUT2D eigenvalue weighted by molar-refractivity contribution is 5.92.